The molecule has 4 heteroatoms. The van der Waals surface area contributed by atoms with E-state index in [4.69, 9.17) is 0 Å². The molecule has 0 aliphatic rings. The van der Waals surface area contributed by atoms with Gasteiger partial charge in [-0.2, -0.15) is 12.5 Å². The third-order valence-corrected chi connectivity index (χ3v) is 1.44. The van der Waals surface area contributed by atoms with Crippen LogP contribution in [0.5, 0.6) is 0 Å². The van der Waals surface area contributed by atoms with Crippen LogP contribution in [0.4, 0.5) is 5.69 Å². The predicted octanol–water partition coefficient (Wildman–Crippen LogP) is 3.19. The zero-order valence-electron chi connectivity index (χ0n) is 8.73. The molecule has 1 radical (unpaired) electrons. The SMILES string of the molecule is CC.C[CH-]c1ccccc1[N+](=O)[O-].[Y]. The summed E-state index contributed by atoms with van der Waals surface area (Å²) in [6.07, 6.45) is 1.72. The van der Waals surface area contributed by atoms with Crippen molar-refractivity contribution in [3.8, 4) is 0 Å². The van der Waals surface area contributed by atoms with Crippen LogP contribution in [0.2, 0.25) is 0 Å². The van der Waals surface area contributed by atoms with Crippen molar-refractivity contribution in [2.45, 2.75) is 20.8 Å². The first-order chi connectivity index (χ1) is 6.25. The van der Waals surface area contributed by atoms with Gasteiger partial charge in [0, 0.05) is 37.6 Å². The molecule has 0 amide bonds. The Morgan fingerprint density at radius 1 is 1.29 bits per heavy atom. The van der Waals surface area contributed by atoms with E-state index in [0.717, 1.165) is 0 Å². The Hall–Kier alpha value is -0.406. The number of hydrogen-bond acceptors (Lipinski definition) is 2. The van der Waals surface area contributed by atoms with Gasteiger partial charge in [-0.1, -0.05) is 26.8 Å². The standard InChI is InChI=1S/C8H8NO2.C2H6.Y/c1-2-7-5-3-4-6-8(7)9(10)11;1-2;/h2-6H,1H3;1-2H3;/q-1;;. The third kappa shape index (κ3) is 4.73. The van der Waals surface area contributed by atoms with Gasteiger partial charge in [-0.15, -0.1) is 11.6 Å². The van der Waals surface area contributed by atoms with Gasteiger partial charge in [-0.3, -0.25) is 10.1 Å². The second-order valence-corrected chi connectivity index (χ2v) is 2.10. The predicted molar refractivity (Wildman–Crippen MR) is 53.5 cm³/mol. The Kier molecular flexibility index (Phi) is 10.5. The fourth-order valence-electron chi connectivity index (χ4n) is 0.898. The van der Waals surface area contributed by atoms with Crippen LogP contribution >= 0.6 is 0 Å². The molecular formula is C10H14NO2Y-. The van der Waals surface area contributed by atoms with Gasteiger partial charge >= 0.3 is 0 Å². The number of nitrogens with zero attached hydrogens (tertiary/aromatic N) is 1. The van der Waals surface area contributed by atoms with Crippen molar-refractivity contribution >= 4 is 5.69 Å². The van der Waals surface area contributed by atoms with Gasteiger partial charge in [0.2, 0.25) is 0 Å². The van der Waals surface area contributed by atoms with E-state index >= 15 is 0 Å². The molecule has 3 nitrogen and oxygen atoms in total. The molecule has 14 heavy (non-hydrogen) atoms. The van der Waals surface area contributed by atoms with Gasteiger partial charge < -0.3 is 0 Å². The van der Waals surface area contributed by atoms with Crippen molar-refractivity contribution in [2.24, 2.45) is 0 Å². The summed E-state index contributed by atoms with van der Waals surface area (Å²) in [5, 5.41) is 10.4. The first kappa shape index (κ1) is 16.0. The normalized spacial score (nSPS) is 7.64. The summed E-state index contributed by atoms with van der Waals surface area (Å²) in [7, 11) is 0. The van der Waals surface area contributed by atoms with Gasteiger partial charge in [-0.05, 0) is 6.07 Å². The van der Waals surface area contributed by atoms with Gasteiger partial charge in [0.1, 0.15) is 0 Å². The molecule has 0 saturated carbocycles. The zero-order chi connectivity index (χ0) is 10.3. The molecule has 1 aromatic carbocycles. The average Bonchev–Trinajstić information content (AvgIpc) is 2.20. The summed E-state index contributed by atoms with van der Waals surface area (Å²) in [5.74, 6) is 0. The second kappa shape index (κ2) is 9.16. The summed E-state index contributed by atoms with van der Waals surface area (Å²) < 4.78 is 0. The number of para-hydroxylation sites is 1. The van der Waals surface area contributed by atoms with Crippen molar-refractivity contribution in [3.63, 3.8) is 0 Å². The quantitative estimate of drug-likeness (QED) is 0.470. The second-order valence-electron chi connectivity index (χ2n) is 2.10. The molecule has 0 fully saturated rings. The van der Waals surface area contributed by atoms with Gasteiger partial charge in [-0.25, -0.2) is 0 Å². The summed E-state index contributed by atoms with van der Waals surface area (Å²) in [6, 6.07) is 6.65. The molecule has 0 bridgehead atoms. The van der Waals surface area contributed by atoms with Gasteiger partial charge in [0.15, 0.2) is 5.69 Å². The average molecular weight is 269 g/mol. The van der Waals surface area contributed by atoms with Crippen LogP contribution < -0.4 is 0 Å². The molecule has 0 atom stereocenters. The monoisotopic (exact) mass is 269 g/mol. The van der Waals surface area contributed by atoms with Crippen molar-refractivity contribution in [1.82, 2.24) is 0 Å². The minimum absolute atomic E-state index is 0. The third-order valence-electron chi connectivity index (χ3n) is 1.44. The van der Waals surface area contributed by atoms with Gasteiger partial charge in [0.25, 0.3) is 0 Å². The zero-order valence-corrected chi connectivity index (χ0v) is 11.6. The van der Waals surface area contributed by atoms with E-state index in [9.17, 15) is 10.1 Å². The van der Waals surface area contributed by atoms with E-state index in [1.165, 1.54) is 6.07 Å². The maximum absolute atomic E-state index is 10.4. The Labute approximate surface area is 110 Å². The van der Waals surface area contributed by atoms with E-state index in [0.29, 0.717) is 5.56 Å². The van der Waals surface area contributed by atoms with Crippen LogP contribution in [0.3, 0.4) is 0 Å². The molecule has 0 spiro atoms. The summed E-state index contributed by atoms with van der Waals surface area (Å²) in [4.78, 5) is 9.99. The first-order valence-electron chi connectivity index (χ1n) is 4.28. The molecule has 0 unspecified atom stereocenters. The molecule has 0 N–H and O–H groups in total. The number of benzene rings is 1. The minimum Gasteiger partial charge on any atom is -0.270 e. The van der Waals surface area contributed by atoms with Crippen LogP contribution in [-0.4, -0.2) is 4.92 Å². The molecule has 0 aliphatic carbocycles. The van der Waals surface area contributed by atoms with Crippen LogP contribution in [-0.2, 0) is 32.7 Å². The van der Waals surface area contributed by atoms with Crippen molar-refractivity contribution in [2.75, 3.05) is 0 Å². The summed E-state index contributed by atoms with van der Waals surface area (Å²) in [5.41, 5.74) is 0.826. The molecule has 1 rings (SSSR count). The van der Waals surface area contributed by atoms with Crippen LogP contribution in [0.15, 0.2) is 24.3 Å². The van der Waals surface area contributed by atoms with E-state index in [-0.39, 0.29) is 43.3 Å². The fraction of sp³-hybridized carbons (Fsp3) is 0.300. The molecule has 75 valence electrons. The Balaban J connectivity index is 0. The van der Waals surface area contributed by atoms with E-state index < -0.39 is 0 Å². The smallest absolute Gasteiger partial charge is 0.170 e. The molecule has 0 aliphatic heterocycles. The van der Waals surface area contributed by atoms with Crippen LogP contribution in [0.1, 0.15) is 26.3 Å². The van der Waals surface area contributed by atoms with Gasteiger partial charge in [0.05, 0.1) is 0 Å². The first-order valence-corrected chi connectivity index (χ1v) is 4.28. The van der Waals surface area contributed by atoms with E-state index in [2.05, 4.69) is 0 Å². The Bertz CT molecular complexity index is 277. The van der Waals surface area contributed by atoms with Crippen molar-refractivity contribution in [1.29, 1.82) is 0 Å². The maximum atomic E-state index is 10.4. The topological polar surface area (TPSA) is 43.1 Å². The number of rotatable bonds is 2. The van der Waals surface area contributed by atoms with Crippen molar-refractivity contribution < 1.29 is 37.6 Å². The summed E-state index contributed by atoms with van der Waals surface area (Å²) in [6.45, 7) is 5.78. The number of nitro groups is 1. The molecule has 1 aromatic rings. The molecule has 0 heterocycles. The maximum Gasteiger partial charge on any atom is 0.170 e. The van der Waals surface area contributed by atoms with E-state index in [1.54, 1.807) is 31.5 Å². The largest absolute Gasteiger partial charge is 0.270 e. The Morgan fingerprint density at radius 2 is 1.79 bits per heavy atom. The van der Waals surface area contributed by atoms with Crippen molar-refractivity contribution in [3.05, 3.63) is 46.4 Å². The number of hydrogen-bond donors (Lipinski definition) is 0. The molecular weight excluding hydrogens is 255 g/mol. The summed E-state index contributed by atoms with van der Waals surface area (Å²) >= 11 is 0. The minimum atomic E-state index is -0.380. The number of nitro benzene ring substituents is 1. The molecule has 0 aromatic heterocycles. The van der Waals surface area contributed by atoms with E-state index in [1.807, 2.05) is 13.8 Å². The Morgan fingerprint density at radius 3 is 2.14 bits per heavy atom. The van der Waals surface area contributed by atoms with Crippen LogP contribution in [0.25, 0.3) is 0 Å². The molecule has 0 saturated heterocycles. The fourth-order valence-corrected chi connectivity index (χ4v) is 0.898. The van der Waals surface area contributed by atoms with Crippen LogP contribution in [0, 0.1) is 16.5 Å².